The monoisotopic (exact) mass is 221 g/mol. The van der Waals surface area contributed by atoms with Gasteiger partial charge >= 0.3 is 0 Å². The van der Waals surface area contributed by atoms with Gasteiger partial charge in [0.15, 0.2) is 0 Å². The lowest BCUT2D eigenvalue weighted by molar-refractivity contribution is 0.187. The van der Waals surface area contributed by atoms with E-state index < -0.39 is 0 Å². The summed E-state index contributed by atoms with van der Waals surface area (Å²) in [5, 5.41) is 6.65. The van der Waals surface area contributed by atoms with Gasteiger partial charge in [0.05, 0.1) is 30.4 Å². The number of nitrogens with one attached hydrogen (secondary N) is 2. The van der Waals surface area contributed by atoms with Crippen LogP contribution >= 0.6 is 0 Å². The van der Waals surface area contributed by atoms with E-state index in [0.717, 1.165) is 44.1 Å². The normalized spacial score (nSPS) is 19.7. The van der Waals surface area contributed by atoms with Gasteiger partial charge in [0.25, 0.3) is 0 Å². The Hall–Kier alpha value is -1.29. The summed E-state index contributed by atoms with van der Waals surface area (Å²) in [6.45, 7) is 5.75. The summed E-state index contributed by atoms with van der Waals surface area (Å²) in [5.74, 6) is 0.641. The first-order valence-corrected chi connectivity index (χ1v) is 5.89. The van der Waals surface area contributed by atoms with Crippen molar-refractivity contribution in [3.63, 3.8) is 0 Å². The van der Waals surface area contributed by atoms with Crippen LogP contribution in [-0.4, -0.2) is 31.3 Å². The van der Waals surface area contributed by atoms with Crippen molar-refractivity contribution in [3.8, 4) is 0 Å². The van der Waals surface area contributed by atoms with Crippen LogP contribution in [0.2, 0.25) is 0 Å². The number of pyridine rings is 1. The van der Waals surface area contributed by atoms with Crippen molar-refractivity contribution in [2.45, 2.75) is 13.3 Å². The minimum Gasteiger partial charge on any atom is -0.384 e. The van der Waals surface area contributed by atoms with Crippen molar-refractivity contribution in [1.29, 1.82) is 0 Å². The Bertz CT molecular complexity index is 324. The van der Waals surface area contributed by atoms with E-state index in [-0.39, 0.29) is 0 Å². The van der Waals surface area contributed by atoms with Gasteiger partial charge in [-0.1, -0.05) is 0 Å². The number of hydrogen-bond acceptors (Lipinski definition) is 4. The minimum absolute atomic E-state index is 0.641. The lowest BCUT2D eigenvalue weighted by Crippen LogP contribution is -2.14. The summed E-state index contributed by atoms with van der Waals surface area (Å²) in [6.07, 6.45) is 4.86. The van der Waals surface area contributed by atoms with Gasteiger partial charge in [0.2, 0.25) is 0 Å². The smallest absolute Gasteiger partial charge is 0.0547 e. The second kappa shape index (κ2) is 5.70. The molecule has 0 aliphatic carbocycles. The lowest BCUT2D eigenvalue weighted by Gasteiger charge is -2.11. The zero-order valence-corrected chi connectivity index (χ0v) is 9.70. The summed E-state index contributed by atoms with van der Waals surface area (Å²) in [4.78, 5) is 4.19. The summed E-state index contributed by atoms with van der Waals surface area (Å²) >= 11 is 0. The van der Waals surface area contributed by atoms with Crippen molar-refractivity contribution < 1.29 is 4.74 Å². The van der Waals surface area contributed by atoms with Gasteiger partial charge in [0.1, 0.15) is 0 Å². The molecule has 0 amide bonds. The lowest BCUT2D eigenvalue weighted by atomic mass is 10.1. The van der Waals surface area contributed by atoms with Crippen molar-refractivity contribution in [3.05, 3.63) is 18.5 Å². The third kappa shape index (κ3) is 3.10. The van der Waals surface area contributed by atoms with Crippen LogP contribution in [0.15, 0.2) is 18.5 Å². The van der Waals surface area contributed by atoms with E-state index >= 15 is 0 Å². The molecule has 88 valence electrons. The molecule has 0 aromatic carbocycles. The molecule has 4 heteroatoms. The second-order valence-electron chi connectivity index (χ2n) is 4.10. The minimum atomic E-state index is 0.641. The van der Waals surface area contributed by atoms with Gasteiger partial charge in [-0.3, -0.25) is 4.98 Å². The third-order valence-electron chi connectivity index (χ3n) is 2.74. The fourth-order valence-corrected chi connectivity index (χ4v) is 1.84. The van der Waals surface area contributed by atoms with Crippen molar-refractivity contribution in [2.75, 3.05) is 36.9 Å². The van der Waals surface area contributed by atoms with Crippen LogP contribution in [0.3, 0.4) is 0 Å². The average Bonchev–Trinajstić information content (AvgIpc) is 2.80. The number of anilines is 2. The Morgan fingerprint density at radius 2 is 2.19 bits per heavy atom. The molecule has 1 unspecified atom stereocenters. The summed E-state index contributed by atoms with van der Waals surface area (Å²) in [7, 11) is 0. The van der Waals surface area contributed by atoms with Crippen LogP contribution in [0.5, 0.6) is 0 Å². The predicted octanol–water partition coefficient (Wildman–Crippen LogP) is 1.96. The number of aromatic nitrogens is 1. The average molecular weight is 221 g/mol. The molecule has 1 saturated heterocycles. The molecule has 2 heterocycles. The van der Waals surface area contributed by atoms with Crippen LogP contribution in [-0.2, 0) is 4.74 Å². The Labute approximate surface area is 96.4 Å². The summed E-state index contributed by atoms with van der Waals surface area (Å²) in [6, 6.07) is 2.09. The quantitative estimate of drug-likeness (QED) is 0.798. The Morgan fingerprint density at radius 3 is 2.88 bits per heavy atom. The van der Waals surface area contributed by atoms with Gasteiger partial charge in [-0.05, 0) is 19.4 Å². The molecule has 1 aliphatic rings. The zero-order valence-electron chi connectivity index (χ0n) is 9.70. The number of nitrogens with zero attached hydrogens (tertiary/aromatic N) is 1. The maximum Gasteiger partial charge on any atom is 0.0547 e. The third-order valence-corrected chi connectivity index (χ3v) is 2.74. The maximum atomic E-state index is 5.34. The van der Waals surface area contributed by atoms with E-state index in [4.69, 9.17) is 4.74 Å². The summed E-state index contributed by atoms with van der Waals surface area (Å²) in [5.41, 5.74) is 2.14. The van der Waals surface area contributed by atoms with E-state index in [2.05, 4.69) is 28.6 Å². The molecule has 1 fully saturated rings. The molecule has 0 spiro atoms. The molecule has 1 atom stereocenters. The first-order chi connectivity index (χ1) is 7.88. The molecule has 0 saturated carbocycles. The van der Waals surface area contributed by atoms with Crippen molar-refractivity contribution in [1.82, 2.24) is 4.98 Å². The highest BCUT2D eigenvalue weighted by Gasteiger charge is 2.14. The Kier molecular flexibility index (Phi) is 3.99. The Morgan fingerprint density at radius 1 is 1.38 bits per heavy atom. The van der Waals surface area contributed by atoms with Crippen LogP contribution in [0.4, 0.5) is 11.4 Å². The SMILES string of the molecule is CCNc1cncc(NCC2CCOC2)c1. The van der Waals surface area contributed by atoms with E-state index in [9.17, 15) is 0 Å². The molecule has 4 nitrogen and oxygen atoms in total. The molecular weight excluding hydrogens is 202 g/mol. The molecule has 1 aromatic heterocycles. The standard InChI is InChI=1S/C12H19N3O/c1-2-14-11-5-12(8-13-7-11)15-6-10-3-4-16-9-10/h5,7-8,10,14-15H,2-4,6,9H2,1H3. The van der Waals surface area contributed by atoms with E-state index in [0.29, 0.717) is 5.92 Å². The van der Waals surface area contributed by atoms with E-state index in [1.165, 1.54) is 0 Å². The zero-order chi connectivity index (χ0) is 11.2. The fourth-order valence-electron chi connectivity index (χ4n) is 1.84. The fraction of sp³-hybridized carbons (Fsp3) is 0.583. The van der Waals surface area contributed by atoms with Gasteiger partial charge < -0.3 is 15.4 Å². The number of rotatable bonds is 5. The summed E-state index contributed by atoms with van der Waals surface area (Å²) < 4.78 is 5.34. The first-order valence-electron chi connectivity index (χ1n) is 5.89. The highest BCUT2D eigenvalue weighted by atomic mass is 16.5. The van der Waals surface area contributed by atoms with Gasteiger partial charge in [-0.2, -0.15) is 0 Å². The van der Waals surface area contributed by atoms with Crippen LogP contribution in [0.1, 0.15) is 13.3 Å². The molecular formula is C12H19N3O. The van der Waals surface area contributed by atoms with Crippen LogP contribution in [0.25, 0.3) is 0 Å². The highest BCUT2D eigenvalue weighted by molar-refractivity contribution is 5.53. The van der Waals surface area contributed by atoms with Gasteiger partial charge in [-0.15, -0.1) is 0 Å². The molecule has 1 aromatic rings. The van der Waals surface area contributed by atoms with Gasteiger partial charge in [-0.25, -0.2) is 0 Å². The van der Waals surface area contributed by atoms with Crippen molar-refractivity contribution >= 4 is 11.4 Å². The largest absolute Gasteiger partial charge is 0.384 e. The van der Waals surface area contributed by atoms with E-state index in [1.54, 1.807) is 0 Å². The van der Waals surface area contributed by atoms with Crippen LogP contribution in [0, 0.1) is 5.92 Å². The molecule has 16 heavy (non-hydrogen) atoms. The molecule has 2 rings (SSSR count). The van der Waals surface area contributed by atoms with E-state index in [1.807, 2.05) is 12.4 Å². The number of ether oxygens (including phenoxy) is 1. The Balaban J connectivity index is 1.85. The second-order valence-corrected chi connectivity index (χ2v) is 4.10. The predicted molar refractivity (Wildman–Crippen MR) is 65.8 cm³/mol. The maximum absolute atomic E-state index is 5.34. The molecule has 2 N–H and O–H groups in total. The molecule has 0 bridgehead atoms. The first kappa shape index (κ1) is 11.2. The number of hydrogen-bond donors (Lipinski definition) is 2. The molecule has 1 aliphatic heterocycles. The van der Waals surface area contributed by atoms with Crippen molar-refractivity contribution in [2.24, 2.45) is 5.92 Å². The molecule has 0 radical (unpaired) electrons. The van der Waals surface area contributed by atoms with Gasteiger partial charge in [0, 0.05) is 25.6 Å². The van der Waals surface area contributed by atoms with Crippen LogP contribution < -0.4 is 10.6 Å². The highest BCUT2D eigenvalue weighted by Crippen LogP contribution is 2.16. The topological polar surface area (TPSA) is 46.2 Å².